The lowest BCUT2D eigenvalue weighted by Gasteiger charge is -2.15. The van der Waals surface area contributed by atoms with Crippen molar-refractivity contribution >= 4 is 28.7 Å². The zero-order chi connectivity index (χ0) is 21.6. The zero-order valence-electron chi connectivity index (χ0n) is 16.9. The fraction of sp³-hybridized carbons (Fsp3) is 0.261. The van der Waals surface area contributed by atoms with Crippen LogP contribution in [0.5, 0.6) is 5.75 Å². The molecule has 0 saturated heterocycles. The van der Waals surface area contributed by atoms with Crippen molar-refractivity contribution in [2.45, 2.75) is 18.8 Å². The number of hydrogen-bond donors (Lipinski definition) is 4. The van der Waals surface area contributed by atoms with Crippen molar-refractivity contribution in [1.82, 2.24) is 15.6 Å². The summed E-state index contributed by atoms with van der Waals surface area (Å²) in [6.45, 7) is 1.33. The molecule has 31 heavy (non-hydrogen) atoms. The fourth-order valence-electron chi connectivity index (χ4n) is 3.70. The van der Waals surface area contributed by atoms with Gasteiger partial charge < -0.3 is 20.1 Å². The standard InChI is InChI=1S/C23H24N4O4/c28-21-14-26-23(27-21)24-9-4-10-31-16-7-8-17-19(13-25-20(17)11-16)18(12-22(29)30)15-5-2-1-3-6-15/h1-3,5-8,11,13,18,25H,4,9-10,12,14H2,(H,29,30)(H2,24,26,27,28). The summed E-state index contributed by atoms with van der Waals surface area (Å²) in [4.78, 5) is 29.8. The summed E-state index contributed by atoms with van der Waals surface area (Å²) in [6.07, 6.45) is 2.65. The summed E-state index contributed by atoms with van der Waals surface area (Å²) in [7, 11) is 0. The minimum Gasteiger partial charge on any atom is -0.493 e. The highest BCUT2D eigenvalue weighted by Crippen LogP contribution is 2.34. The van der Waals surface area contributed by atoms with E-state index in [1.54, 1.807) is 0 Å². The first kappa shape index (κ1) is 20.5. The Kier molecular flexibility index (Phi) is 6.16. The number of carbonyl (C=O) groups excluding carboxylic acids is 1. The van der Waals surface area contributed by atoms with Gasteiger partial charge in [0, 0.05) is 35.6 Å². The van der Waals surface area contributed by atoms with Crippen molar-refractivity contribution in [3.05, 3.63) is 65.9 Å². The number of aromatic nitrogens is 1. The van der Waals surface area contributed by atoms with Crippen LogP contribution in [-0.4, -0.2) is 47.6 Å². The molecule has 8 heteroatoms. The maximum Gasteiger partial charge on any atom is 0.304 e. The van der Waals surface area contributed by atoms with Gasteiger partial charge in [0.25, 0.3) is 0 Å². The molecule has 3 aromatic rings. The van der Waals surface area contributed by atoms with Crippen LogP contribution >= 0.6 is 0 Å². The molecule has 1 aromatic heterocycles. The predicted molar refractivity (Wildman–Crippen MR) is 117 cm³/mol. The Labute approximate surface area is 179 Å². The molecule has 160 valence electrons. The van der Waals surface area contributed by atoms with Crippen molar-refractivity contribution in [1.29, 1.82) is 0 Å². The van der Waals surface area contributed by atoms with Crippen LogP contribution in [0.4, 0.5) is 0 Å². The molecular formula is C23H24N4O4. The van der Waals surface area contributed by atoms with Crippen LogP contribution in [0.3, 0.4) is 0 Å². The number of H-pyrrole nitrogens is 1. The van der Waals surface area contributed by atoms with Gasteiger partial charge in [-0.1, -0.05) is 30.3 Å². The van der Waals surface area contributed by atoms with E-state index in [1.807, 2.05) is 54.7 Å². The number of guanidine groups is 1. The summed E-state index contributed by atoms with van der Waals surface area (Å²) < 4.78 is 5.84. The van der Waals surface area contributed by atoms with E-state index >= 15 is 0 Å². The molecule has 1 aliphatic heterocycles. The maximum atomic E-state index is 11.5. The van der Waals surface area contributed by atoms with E-state index in [0.717, 1.165) is 34.2 Å². The Morgan fingerprint density at radius 1 is 1.23 bits per heavy atom. The Balaban J connectivity index is 1.40. The number of hydrogen-bond acceptors (Lipinski definition) is 5. The lowest BCUT2D eigenvalue weighted by molar-refractivity contribution is -0.137. The van der Waals surface area contributed by atoms with E-state index in [1.165, 1.54) is 0 Å². The second-order valence-electron chi connectivity index (χ2n) is 7.35. The average Bonchev–Trinajstić information content (AvgIpc) is 3.38. The summed E-state index contributed by atoms with van der Waals surface area (Å²) in [5.41, 5.74) is 2.83. The van der Waals surface area contributed by atoms with E-state index in [-0.39, 0.29) is 24.8 Å². The van der Waals surface area contributed by atoms with Gasteiger partial charge in [-0.2, -0.15) is 0 Å². The van der Waals surface area contributed by atoms with Gasteiger partial charge in [-0.3, -0.25) is 14.9 Å². The number of rotatable bonds is 9. The van der Waals surface area contributed by atoms with Gasteiger partial charge in [0.15, 0.2) is 5.96 Å². The fourth-order valence-corrected chi connectivity index (χ4v) is 3.70. The third-order valence-corrected chi connectivity index (χ3v) is 5.16. The van der Waals surface area contributed by atoms with Gasteiger partial charge >= 0.3 is 5.97 Å². The largest absolute Gasteiger partial charge is 0.493 e. The third-order valence-electron chi connectivity index (χ3n) is 5.16. The Morgan fingerprint density at radius 3 is 2.81 bits per heavy atom. The molecule has 8 nitrogen and oxygen atoms in total. The summed E-state index contributed by atoms with van der Waals surface area (Å²) in [6, 6.07) is 15.5. The molecule has 1 aliphatic rings. The number of carboxylic acid groups (broad SMARTS) is 1. The number of aliphatic carboxylic acids is 1. The van der Waals surface area contributed by atoms with Gasteiger partial charge in [-0.05, 0) is 29.7 Å². The van der Waals surface area contributed by atoms with Crippen LogP contribution in [-0.2, 0) is 9.59 Å². The van der Waals surface area contributed by atoms with Crippen molar-refractivity contribution in [3.63, 3.8) is 0 Å². The van der Waals surface area contributed by atoms with E-state index < -0.39 is 5.97 Å². The van der Waals surface area contributed by atoms with Gasteiger partial charge in [-0.15, -0.1) is 0 Å². The van der Waals surface area contributed by atoms with Crippen molar-refractivity contribution in [3.8, 4) is 5.75 Å². The summed E-state index contributed by atoms with van der Waals surface area (Å²) in [5, 5.41) is 16.1. The van der Waals surface area contributed by atoms with E-state index in [9.17, 15) is 14.7 Å². The predicted octanol–water partition coefficient (Wildman–Crippen LogP) is 2.62. The van der Waals surface area contributed by atoms with Gasteiger partial charge in [-0.25, -0.2) is 4.99 Å². The lowest BCUT2D eigenvalue weighted by atomic mass is 9.88. The highest BCUT2D eigenvalue weighted by atomic mass is 16.5. The van der Waals surface area contributed by atoms with Crippen molar-refractivity contribution < 1.29 is 19.4 Å². The Bertz CT molecular complexity index is 1110. The molecule has 0 radical (unpaired) electrons. The quantitative estimate of drug-likeness (QED) is 0.397. The number of fused-ring (bicyclic) bond motifs is 1. The van der Waals surface area contributed by atoms with Gasteiger partial charge in [0.05, 0.1) is 13.0 Å². The number of aliphatic imine (C=N–C) groups is 1. The smallest absolute Gasteiger partial charge is 0.304 e. The first-order valence-electron chi connectivity index (χ1n) is 10.2. The lowest BCUT2D eigenvalue weighted by Crippen LogP contribution is -2.37. The molecular weight excluding hydrogens is 396 g/mol. The molecule has 2 aromatic carbocycles. The highest BCUT2D eigenvalue weighted by molar-refractivity contribution is 6.02. The minimum absolute atomic E-state index is 0.0218. The molecule has 1 atom stereocenters. The number of ether oxygens (including phenoxy) is 1. The first-order valence-corrected chi connectivity index (χ1v) is 10.2. The minimum atomic E-state index is -0.833. The molecule has 1 unspecified atom stereocenters. The van der Waals surface area contributed by atoms with Crippen LogP contribution in [0.15, 0.2) is 59.7 Å². The third kappa shape index (κ3) is 5.03. The van der Waals surface area contributed by atoms with Gasteiger partial charge in [0.2, 0.25) is 5.91 Å². The molecule has 1 amide bonds. The maximum absolute atomic E-state index is 11.5. The molecule has 2 heterocycles. The molecule has 0 bridgehead atoms. The number of benzene rings is 2. The number of aromatic amines is 1. The molecule has 0 aliphatic carbocycles. The molecule has 0 fully saturated rings. The number of nitrogens with zero attached hydrogens (tertiary/aromatic N) is 1. The van der Waals surface area contributed by atoms with Crippen molar-refractivity contribution in [2.24, 2.45) is 4.99 Å². The topological polar surface area (TPSA) is 116 Å². The SMILES string of the molecule is O=C(O)CC(c1ccccc1)c1c[nH]c2cc(OCCCNC3=NCC(=O)N3)ccc12. The summed E-state index contributed by atoms with van der Waals surface area (Å²) >= 11 is 0. The van der Waals surface area contributed by atoms with E-state index in [4.69, 9.17) is 4.74 Å². The summed E-state index contributed by atoms with van der Waals surface area (Å²) in [5.74, 6) is 0.0842. The first-order chi connectivity index (χ1) is 15.1. The number of amides is 1. The van der Waals surface area contributed by atoms with Crippen LogP contribution in [0, 0.1) is 0 Å². The van der Waals surface area contributed by atoms with Gasteiger partial charge in [0.1, 0.15) is 12.3 Å². The van der Waals surface area contributed by atoms with Crippen LogP contribution in [0.25, 0.3) is 10.9 Å². The van der Waals surface area contributed by atoms with E-state index in [2.05, 4.69) is 20.6 Å². The molecule has 0 spiro atoms. The second kappa shape index (κ2) is 9.34. The Morgan fingerprint density at radius 2 is 2.06 bits per heavy atom. The number of carbonyl (C=O) groups is 2. The second-order valence-corrected chi connectivity index (χ2v) is 7.35. The molecule has 4 rings (SSSR count). The van der Waals surface area contributed by atoms with Crippen molar-refractivity contribution in [2.75, 3.05) is 19.7 Å². The zero-order valence-corrected chi connectivity index (χ0v) is 16.9. The highest BCUT2D eigenvalue weighted by Gasteiger charge is 2.21. The average molecular weight is 420 g/mol. The van der Waals surface area contributed by atoms with Crippen LogP contribution in [0.1, 0.15) is 29.9 Å². The molecule has 0 saturated carbocycles. The monoisotopic (exact) mass is 420 g/mol. The number of nitrogens with one attached hydrogen (secondary N) is 3. The Hall–Kier alpha value is -3.81. The van der Waals surface area contributed by atoms with Crippen LogP contribution in [0.2, 0.25) is 0 Å². The molecule has 4 N–H and O–H groups in total. The van der Waals surface area contributed by atoms with E-state index in [0.29, 0.717) is 19.1 Å². The number of carboxylic acids is 1. The normalized spacial score (nSPS) is 14.2. The van der Waals surface area contributed by atoms with Crippen LogP contribution < -0.4 is 15.4 Å².